The van der Waals surface area contributed by atoms with Crippen LogP contribution in [0, 0.1) is 6.92 Å². The van der Waals surface area contributed by atoms with Crippen molar-refractivity contribution >= 4 is 5.78 Å². The van der Waals surface area contributed by atoms with Crippen LogP contribution in [0.3, 0.4) is 0 Å². The Bertz CT molecular complexity index is 483. The minimum Gasteiger partial charge on any atom is -0.338 e. The molecule has 1 N–H and O–H groups in total. The van der Waals surface area contributed by atoms with Crippen LogP contribution in [0.15, 0.2) is 18.6 Å². The van der Waals surface area contributed by atoms with E-state index in [1.165, 1.54) is 6.92 Å². The molecule has 0 spiro atoms. The molecule has 2 aromatic heterocycles. The second-order valence-corrected chi connectivity index (χ2v) is 3.40. The van der Waals surface area contributed by atoms with Gasteiger partial charge in [0.1, 0.15) is 17.3 Å². The van der Waals surface area contributed by atoms with Gasteiger partial charge in [0.25, 0.3) is 0 Å². The molecule has 0 unspecified atom stereocenters. The molecular formula is C10H12N4O. The van der Waals surface area contributed by atoms with Crippen molar-refractivity contribution in [3.8, 4) is 0 Å². The van der Waals surface area contributed by atoms with Gasteiger partial charge in [0.2, 0.25) is 0 Å². The molecule has 15 heavy (non-hydrogen) atoms. The highest BCUT2D eigenvalue weighted by molar-refractivity contribution is 5.91. The summed E-state index contributed by atoms with van der Waals surface area (Å²) >= 11 is 0. The van der Waals surface area contributed by atoms with Crippen LogP contribution in [-0.2, 0) is 6.54 Å². The first-order valence-corrected chi connectivity index (χ1v) is 4.69. The van der Waals surface area contributed by atoms with Gasteiger partial charge in [0.15, 0.2) is 5.78 Å². The average molecular weight is 204 g/mol. The fourth-order valence-electron chi connectivity index (χ4n) is 1.35. The Hall–Kier alpha value is -1.91. The number of H-pyrrole nitrogens is 1. The van der Waals surface area contributed by atoms with Crippen molar-refractivity contribution in [2.75, 3.05) is 0 Å². The van der Waals surface area contributed by atoms with Crippen LogP contribution >= 0.6 is 0 Å². The van der Waals surface area contributed by atoms with E-state index in [0.29, 0.717) is 12.2 Å². The highest BCUT2D eigenvalue weighted by atomic mass is 16.1. The zero-order valence-electron chi connectivity index (χ0n) is 8.69. The first kappa shape index (κ1) is 9.64. The number of nitrogens with zero attached hydrogens (tertiary/aromatic N) is 3. The zero-order chi connectivity index (χ0) is 10.8. The Morgan fingerprint density at radius 3 is 2.87 bits per heavy atom. The summed E-state index contributed by atoms with van der Waals surface area (Å²) < 4.78 is 1.96. The average Bonchev–Trinajstić information content (AvgIpc) is 2.77. The molecule has 0 bridgehead atoms. The third-order valence-electron chi connectivity index (χ3n) is 2.25. The number of Topliss-reactive ketones (excluding diaryl/α,β-unsaturated/α-hetero) is 1. The van der Waals surface area contributed by atoms with Gasteiger partial charge in [-0.3, -0.25) is 4.79 Å². The van der Waals surface area contributed by atoms with Gasteiger partial charge in [0, 0.05) is 19.3 Å². The van der Waals surface area contributed by atoms with Crippen molar-refractivity contribution in [2.45, 2.75) is 20.4 Å². The molecule has 0 aliphatic rings. The van der Waals surface area contributed by atoms with E-state index in [-0.39, 0.29) is 5.78 Å². The molecule has 0 fully saturated rings. The minimum absolute atomic E-state index is 0.00361. The topological polar surface area (TPSA) is 63.6 Å². The molecule has 2 heterocycles. The lowest BCUT2D eigenvalue weighted by Gasteiger charge is -2.00. The molecule has 2 rings (SSSR count). The first-order chi connectivity index (χ1) is 7.16. The van der Waals surface area contributed by atoms with Crippen molar-refractivity contribution in [3.63, 3.8) is 0 Å². The highest BCUT2D eigenvalue weighted by Crippen LogP contribution is 2.03. The SMILES string of the molecule is CC(=O)c1cnc(Cn2ccnc2C)[nH]1. The van der Waals surface area contributed by atoms with Gasteiger partial charge in [-0.15, -0.1) is 0 Å². The quantitative estimate of drug-likeness (QED) is 0.763. The van der Waals surface area contributed by atoms with E-state index in [2.05, 4.69) is 15.0 Å². The van der Waals surface area contributed by atoms with Gasteiger partial charge in [0.05, 0.1) is 12.7 Å². The number of aryl methyl sites for hydroxylation is 1. The smallest absolute Gasteiger partial charge is 0.177 e. The molecule has 5 nitrogen and oxygen atoms in total. The lowest BCUT2D eigenvalue weighted by Crippen LogP contribution is -2.03. The van der Waals surface area contributed by atoms with Crippen LogP contribution in [0.4, 0.5) is 0 Å². The lowest BCUT2D eigenvalue weighted by atomic mass is 10.3. The number of ketones is 1. The number of aromatic amines is 1. The number of aromatic nitrogens is 4. The van der Waals surface area contributed by atoms with E-state index < -0.39 is 0 Å². The van der Waals surface area contributed by atoms with E-state index >= 15 is 0 Å². The summed E-state index contributed by atoms with van der Waals surface area (Å²) in [7, 11) is 0. The second-order valence-electron chi connectivity index (χ2n) is 3.40. The predicted molar refractivity (Wildman–Crippen MR) is 54.7 cm³/mol. The molecule has 0 atom stereocenters. The van der Waals surface area contributed by atoms with Crippen molar-refractivity contribution in [2.24, 2.45) is 0 Å². The molecule has 0 radical (unpaired) electrons. The molecule has 0 saturated heterocycles. The maximum Gasteiger partial charge on any atom is 0.177 e. The molecule has 0 aromatic carbocycles. The number of rotatable bonds is 3. The largest absolute Gasteiger partial charge is 0.338 e. The monoisotopic (exact) mass is 204 g/mol. The van der Waals surface area contributed by atoms with Gasteiger partial charge in [-0.1, -0.05) is 0 Å². The summed E-state index contributed by atoms with van der Waals surface area (Å²) in [6.07, 6.45) is 5.18. The maximum atomic E-state index is 11.0. The van der Waals surface area contributed by atoms with E-state index in [1.807, 2.05) is 17.7 Å². The second kappa shape index (κ2) is 3.68. The molecular weight excluding hydrogens is 192 g/mol. The zero-order valence-corrected chi connectivity index (χ0v) is 8.69. The summed E-state index contributed by atoms with van der Waals surface area (Å²) in [6.45, 7) is 4.05. The number of hydrogen-bond donors (Lipinski definition) is 1. The normalized spacial score (nSPS) is 10.5. The van der Waals surface area contributed by atoms with Crippen LogP contribution in [0.1, 0.15) is 29.1 Å². The number of imidazole rings is 2. The van der Waals surface area contributed by atoms with Crippen LogP contribution in [-0.4, -0.2) is 25.3 Å². The van der Waals surface area contributed by atoms with Gasteiger partial charge in [-0.25, -0.2) is 9.97 Å². The molecule has 0 saturated carbocycles. The maximum absolute atomic E-state index is 11.0. The fraction of sp³-hybridized carbons (Fsp3) is 0.300. The van der Waals surface area contributed by atoms with Crippen molar-refractivity contribution in [1.82, 2.24) is 19.5 Å². The fourth-order valence-corrected chi connectivity index (χ4v) is 1.35. The third-order valence-corrected chi connectivity index (χ3v) is 2.25. The van der Waals surface area contributed by atoms with Crippen molar-refractivity contribution in [1.29, 1.82) is 0 Å². The molecule has 5 heteroatoms. The number of hydrogen-bond acceptors (Lipinski definition) is 3. The van der Waals surface area contributed by atoms with Crippen LogP contribution in [0.2, 0.25) is 0 Å². The Morgan fingerprint density at radius 1 is 1.53 bits per heavy atom. The summed E-state index contributed by atoms with van der Waals surface area (Å²) in [5, 5.41) is 0. The number of carbonyl (C=O) groups is 1. The molecule has 2 aromatic rings. The standard InChI is InChI=1S/C10H12N4O/c1-7(15)9-5-12-10(13-9)6-14-4-3-11-8(14)2/h3-5H,6H2,1-2H3,(H,12,13). The molecule has 78 valence electrons. The third kappa shape index (κ3) is 1.96. The highest BCUT2D eigenvalue weighted by Gasteiger charge is 2.05. The van der Waals surface area contributed by atoms with Crippen LogP contribution in [0.25, 0.3) is 0 Å². The van der Waals surface area contributed by atoms with Gasteiger partial charge in [-0.05, 0) is 6.92 Å². The van der Waals surface area contributed by atoms with Gasteiger partial charge in [-0.2, -0.15) is 0 Å². The van der Waals surface area contributed by atoms with E-state index in [0.717, 1.165) is 11.6 Å². The van der Waals surface area contributed by atoms with Gasteiger partial charge >= 0.3 is 0 Å². The van der Waals surface area contributed by atoms with E-state index in [9.17, 15) is 4.79 Å². The molecule has 0 aliphatic heterocycles. The Balaban J connectivity index is 2.18. The summed E-state index contributed by atoms with van der Waals surface area (Å²) in [5.41, 5.74) is 0.544. The van der Waals surface area contributed by atoms with E-state index in [4.69, 9.17) is 0 Å². The Kier molecular flexibility index (Phi) is 2.37. The minimum atomic E-state index is -0.00361. The number of nitrogens with one attached hydrogen (secondary N) is 1. The van der Waals surface area contributed by atoms with Crippen molar-refractivity contribution in [3.05, 3.63) is 35.9 Å². The van der Waals surface area contributed by atoms with Gasteiger partial charge < -0.3 is 9.55 Å². The molecule has 0 aliphatic carbocycles. The summed E-state index contributed by atoms with van der Waals surface area (Å²) in [6, 6.07) is 0. The van der Waals surface area contributed by atoms with E-state index in [1.54, 1.807) is 12.4 Å². The summed E-state index contributed by atoms with van der Waals surface area (Å²) in [4.78, 5) is 22.2. The summed E-state index contributed by atoms with van der Waals surface area (Å²) in [5.74, 6) is 1.69. The van der Waals surface area contributed by atoms with Crippen LogP contribution < -0.4 is 0 Å². The number of carbonyl (C=O) groups excluding carboxylic acids is 1. The first-order valence-electron chi connectivity index (χ1n) is 4.69. The predicted octanol–water partition coefficient (Wildman–Crippen LogP) is 1.17. The lowest BCUT2D eigenvalue weighted by molar-refractivity contribution is 0.101. The van der Waals surface area contributed by atoms with Crippen molar-refractivity contribution < 1.29 is 4.79 Å². The Morgan fingerprint density at radius 2 is 2.33 bits per heavy atom. The van der Waals surface area contributed by atoms with Crippen LogP contribution in [0.5, 0.6) is 0 Å². The Labute approximate surface area is 87.2 Å². The molecule has 0 amide bonds.